The number of rotatable bonds is 6. The number of amides is 2. The third-order valence-corrected chi connectivity index (χ3v) is 5.28. The van der Waals surface area contributed by atoms with E-state index in [2.05, 4.69) is 34.1 Å². The average molecular weight is 382 g/mol. The van der Waals surface area contributed by atoms with E-state index in [4.69, 9.17) is 0 Å². The zero-order valence-electron chi connectivity index (χ0n) is 17.2. The molecule has 2 N–H and O–H groups in total. The van der Waals surface area contributed by atoms with Gasteiger partial charge >= 0.3 is 6.03 Å². The summed E-state index contributed by atoms with van der Waals surface area (Å²) >= 11 is 0. The minimum atomic E-state index is -0.107. The summed E-state index contributed by atoms with van der Waals surface area (Å²) < 4.78 is 1.93. The lowest BCUT2D eigenvalue weighted by Crippen LogP contribution is -2.48. The number of piperidine rings is 1. The van der Waals surface area contributed by atoms with Crippen LogP contribution in [0, 0.1) is 13.8 Å². The molecule has 0 aliphatic carbocycles. The van der Waals surface area contributed by atoms with Crippen LogP contribution in [0.15, 0.2) is 42.5 Å². The number of hydrogen-bond donors (Lipinski definition) is 2. The fourth-order valence-corrected chi connectivity index (χ4v) is 3.77. The van der Waals surface area contributed by atoms with Gasteiger partial charge in [0.2, 0.25) is 0 Å². The summed E-state index contributed by atoms with van der Waals surface area (Å²) in [6.45, 7) is 13.5. The van der Waals surface area contributed by atoms with E-state index in [1.54, 1.807) is 0 Å². The Morgan fingerprint density at radius 2 is 1.89 bits per heavy atom. The SMILES string of the molecule is C=C(C)CN1CCC(NC(=O)NCc2c(C)nn(-c3ccccc3)c2C)CC1. The summed E-state index contributed by atoms with van der Waals surface area (Å²) in [5.74, 6) is 0. The highest BCUT2D eigenvalue weighted by atomic mass is 16.2. The lowest BCUT2D eigenvalue weighted by Gasteiger charge is -2.32. The molecule has 0 saturated carbocycles. The Bertz CT molecular complexity index is 819. The second kappa shape index (κ2) is 9.06. The second-order valence-electron chi connectivity index (χ2n) is 7.73. The fourth-order valence-electron chi connectivity index (χ4n) is 3.77. The zero-order valence-corrected chi connectivity index (χ0v) is 17.2. The van der Waals surface area contributed by atoms with E-state index < -0.39 is 0 Å². The molecule has 1 aliphatic heterocycles. The van der Waals surface area contributed by atoms with Crippen molar-refractivity contribution in [3.05, 3.63) is 59.4 Å². The van der Waals surface area contributed by atoms with Gasteiger partial charge in [0.25, 0.3) is 0 Å². The Labute approximate surface area is 167 Å². The average Bonchev–Trinajstić information content (AvgIpc) is 2.96. The first kappa shape index (κ1) is 20.1. The molecule has 28 heavy (non-hydrogen) atoms. The molecule has 0 unspecified atom stereocenters. The molecule has 2 heterocycles. The maximum absolute atomic E-state index is 12.4. The molecule has 1 fully saturated rings. The van der Waals surface area contributed by atoms with Gasteiger partial charge in [-0.3, -0.25) is 4.90 Å². The first-order valence-corrected chi connectivity index (χ1v) is 9.95. The number of likely N-dealkylation sites (tertiary alicyclic amines) is 1. The van der Waals surface area contributed by atoms with Crippen molar-refractivity contribution >= 4 is 6.03 Å². The van der Waals surface area contributed by atoms with Crippen LogP contribution in [0.5, 0.6) is 0 Å². The molecule has 150 valence electrons. The smallest absolute Gasteiger partial charge is 0.315 e. The number of para-hydroxylation sites is 1. The highest BCUT2D eigenvalue weighted by Crippen LogP contribution is 2.17. The number of urea groups is 1. The number of nitrogens with one attached hydrogen (secondary N) is 2. The van der Waals surface area contributed by atoms with Gasteiger partial charge < -0.3 is 10.6 Å². The van der Waals surface area contributed by atoms with Crippen LogP contribution < -0.4 is 10.6 Å². The van der Waals surface area contributed by atoms with Crippen LogP contribution in [-0.4, -0.2) is 46.4 Å². The third-order valence-electron chi connectivity index (χ3n) is 5.28. The summed E-state index contributed by atoms with van der Waals surface area (Å²) in [6, 6.07) is 10.2. The van der Waals surface area contributed by atoms with E-state index >= 15 is 0 Å². The number of benzene rings is 1. The number of nitrogens with zero attached hydrogens (tertiary/aromatic N) is 3. The standard InChI is InChI=1S/C22H31N5O/c1-16(2)15-26-12-10-19(11-13-26)24-22(28)23-14-21-17(3)25-27(18(21)4)20-8-6-5-7-9-20/h5-9,19H,1,10-15H2,2-4H3,(H2,23,24,28). The number of hydrogen-bond acceptors (Lipinski definition) is 3. The molecule has 2 aromatic rings. The Morgan fingerprint density at radius 3 is 2.54 bits per heavy atom. The Balaban J connectivity index is 1.52. The van der Waals surface area contributed by atoms with Gasteiger partial charge in [-0.25, -0.2) is 9.48 Å². The molecule has 1 aromatic heterocycles. The maximum atomic E-state index is 12.4. The highest BCUT2D eigenvalue weighted by molar-refractivity contribution is 5.74. The first-order valence-electron chi connectivity index (χ1n) is 9.95. The molecule has 1 aromatic carbocycles. The zero-order chi connectivity index (χ0) is 20.1. The van der Waals surface area contributed by atoms with Crippen LogP contribution in [-0.2, 0) is 6.54 Å². The monoisotopic (exact) mass is 381 g/mol. The molecule has 6 nitrogen and oxygen atoms in total. The number of aryl methyl sites for hydroxylation is 1. The van der Waals surface area contributed by atoms with Gasteiger partial charge in [-0.1, -0.05) is 30.4 Å². The minimum Gasteiger partial charge on any atom is -0.335 e. The molecule has 0 radical (unpaired) electrons. The Kier molecular flexibility index (Phi) is 6.52. The number of carbonyl (C=O) groups excluding carboxylic acids is 1. The predicted molar refractivity (Wildman–Crippen MR) is 113 cm³/mol. The van der Waals surface area contributed by atoms with Crippen molar-refractivity contribution in [2.24, 2.45) is 0 Å². The largest absolute Gasteiger partial charge is 0.335 e. The van der Waals surface area contributed by atoms with Gasteiger partial charge in [-0.2, -0.15) is 5.10 Å². The van der Waals surface area contributed by atoms with Gasteiger partial charge in [-0.05, 0) is 45.7 Å². The maximum Gasteiger partial charge on any atom is 0.315 e. The molecule has 0 spiro atoms. The van der Waals surface area contributed by atoms with Crippen LogP contribution in [0.2, 0.25) is 0 Å². The first-order chi connectivity index (χ1) is 13.4. The van der Waals surface area contributed by atoms with E-state index in [-0.39, 0.29) is 12.1 Å². The van der Waals surface area contributed by atoms with Crippen LogP contribution in [0.25, 0.3) is 5.69 Å². The molecular formula is C22H31N5O. The topological polar surface area (TPSA) is 62.2 Å². The molecule has 2 amide bonds. The van der Waals surface area contributed by atoms with E-state index in [9.17, 15) is 4.79 Å². The Morgan fingerprint density at radius 1 is 1.21 bits per heavy atom. The van der Waals surface area contributed by atoms with Crippen molar-refractivity contribution in [2.45, 2.75) is 46.2 Å². The van der Waals surface area contributed by atoms with Crippen molar-refractivity contribution in [3.8, 4) is 5.69 Å². The third kappa shape index (κ3) is 5.01. The van der Waals surface area contributed by atoms with E-state index in [1.165, 1.54) is 5.57 Å². The van der Waals surface area contributed by atoms with E-state index in [0.717, 1.165) is 55.1 Å². The van der Waals surface area contributed by atoms with Crippen molar-refractivity contribution in [2.75, 3.05) is 19.6 Å². The highest BCUT2D eigenvalue weighted by Gasteiger charge is 2.21. The number of aromatic nitrogens is 2. The number of carbonyl (C=O) groups is 1. The molecule has 6 heteroatoms. The van der Waals surface area contributed by atoms with Crippen molar-refractivity contribution in [1.29, 1.82) is 0 Å². The lowest BCUT2D eigenvalue weighted by molar-refractivity contribution is 0.201. The molecule has 1 saturated heterocycles. The van der Waals surface area contributed by atoms with E-state index in [1.807, 2.05) is 48.9 Å². The van der Waals surface area contributed by atoms with Crippen LogP contribution in [0.1, 0.15) is 36.7 Å². The lowest BCUT2D eigenvalue weighted by atomic mass is 10.0. The van der Waals surface area contributed by atoms with Crippen LogP contribution in [0.4, 0.5) is 4.79 Å². The van der Waals surface area contributed by atoms with Gasteiger partial charge in [0.1, 0.15) is 0 Å². The molecule has 0 atom stereocenters. The summed E-state index contributed by atoms with van der Waals surface area (Å²) in [4.78, 5) is 14.8. The van der Waals surface area contributed by atoms with Crippen molar-refractivity contribution < 1.29 is 4.79 Å². The van der Waals surface area contributed by atoms with Crippen LogP contribution in [0.3, 0.4) is 0 Å². The molecule has 3 rings (SSSR count). The summed E-state index contributed by atoms with van der Waals surface area (Å²) in [5, 5.41) is 10.8. The van der Waals surface area contributed by atoms with Gasteiger partial charge in [-0.15, -0.1) is 0 Å². The van der Waals surface area contributed by atoms with E-state index in [0.29, 0.717) is 6.54 Å². The second-order valence-corrected chi connectivity index (χ2v) is 7.73. The molecular weight excluding hydrogens is 350 g/mol. The van der Waals surface area contributed by atoms with Crippen molar-refractivity contribution in [1.82, 2.24) is 25.3 Å². The fraction of sp³-hybridized carbons (Fsp3) is 0.455. The predicted octanol–water partition coefficient (Wildman–Crippen LogP) is 3.33. The van der Waals surface area contributed by atoms with Gasteiger partial charge in [0.15, 0.2) is 0 Å². The summed E-state index contributed by atoms with van der Waals surface area (Å²) in [6.07, 6.45) is 1.95. The van der Waals surface area contributed by atoms with Gasteiger partial charge in [0, 0.05) is 43.5 Å². The minimum absolute atomic E-state index is 0.107. The van der Waals surface area contributed by atoms with Gasteiger partial charge in [0.05, 0.1) is 11.4 Å². The van der Waals surface area contributed by atoms with Crippen LogP contribution >= 0.6 is 0 Å². The Hall–Kier alpha value is -2.60. The summed E-state index contributed by atoms with van der Waals surface area (Å²) in [7, 11) is 0. The summed E-state index contributed by atoms with van der Waals surface area (Å²) in [5.41, 5.74) is 5.27. The quantitative estimate of drug-likeness (QED) is 0.755. The molecule has 1 aliphatic rings. The molecule has 0 bridgehead atoms. The normalized spacial score (nSPS) is 15.4. The van der Waals surface area contributed by atoms with Crippen molar-refractivity contribution in [3.63, 3.8) is 0 Å².